The highest BCUT2D eigenvalue weighted by Gasteiger charge is 2.35. The molecule has 1 fully saturated rings. The molecule has 0 saturated heterocycles. The van der Waals surface area contributed by atoms with E-state index in [1.807, 2.05) is 49.4 Å². The van der Waals surface area contributed by atoms with Gasteiger partial charge in [0.15, 0.2) is 92.5 Å². The molecule has 1 saturated carbocycles. The molecule has 148 heavy (non-hydrogen) atoms. The van der Waals surface area contributed by atoms with Crippen molar-refractivity contribution in [3.8, 4) is 130 Å². The summed E-state index contributed by atoms with van der Waals surface area (Å²) in [5, 5.41) is 0. The molecule has 1 unspecified atom stereocenters. The Morgan fingerprint density at radius 3 is 0.595 bits per heavy atom. The molecule has 768 valence electrons. The summed E-state index contributed by atoms with van der Waals surface area (Å²) >= 11 is 0. The van der Waals surface area contributed by atoms with Crippen LogP contribution in [0.3, 0.4) is 0 Å². The summed E-state index contributed by atoms with van der Waals surface area (Å²) in [5.41, 5.74) is 21.4. The summed E-state index contributed by atoms with van der Waals surface area (Å²) < 4.78 is 272. The average Bonchev–Trinajstić information content (AvgIpc) is 0.780. The zero-order valence-electron chi connectivity index (χ0n) is 84.6. The van der Waals surface area contributed by atoms with Crippen molar-refractivity contribution >= 4 is 0 Å². The van der Waals surface area contributed by atoms with Crippen LogP contribution in [0, 0.1) is 202 Å². The first-order valence-electron chi connectivity index (χ1n) is 48.9. The van der Waals surface area contributed by atoms with Gasteiger partial charge in [-0.05, 0) is 264 Å². The summed E-state index contributed by atoms with van der Waals surface area (Å²) in [7, 11) is 0. The van der Waals surface area contributed by atoms with Crippen LogP contribution in [0.2, 0.25) is 0 Å². The van der Waals surface area contributed by atoms with Crippen LogP contribution in [0.4, 0.5) is 70.2 Å². The maximum absolute atomic E-state index is 14.2. The fourth-order valence-electron chi connectivity index (χ4n) is 19.4. The molecule has 0 amide bonds. The molecule has 25 heteroatoms. The molecule has 8 heterocycles. The molecular formula is C123H110F16O9. The van der Waals surface area contributed by atoms with E-state index in [0.717, 1.165) is 64.1 Å². The molecule has 15 aromatic carbocycles. The van der Waals surface area contributed by atoms with E-state index in [4.69, 9.17) is 42.6 Å². The lowest BCUT2D eigenvalue weighted by Crippen LogP contribution is -2.22. The van der Waals surface area contributed by atoms with Gasteiger partial charge in [0, 0.05) is 84.9 Å². The van der Waals surface area contributed by atoms with Gasteiger partial charge in [-0.15, -0.1) is 0 Å². The number of ether oxygens (including phenoxy) is 9. The molecule has 0 aromatic heterocycles. The van der Waals surface area contributed by atoms with Crippen molar-refractivity contribution in [3.63, 3.8) is 0 Å². The van der Waals surface area contributed by atoms with Crippen LogP contribution in [0.1, 0.15) is 170 Å². The molecule has 24 rings (SSSR count). The van der Waals surface area contributed by atoms with Crippen molar-refractivity contribution in [2.24, 2.45) is 11.8 Å². The van der Waals surface area contributed by atoms with E-state index in [-0.39, 0.29) is 187 Å². The summed E-state index contributed by atoms with van der Waals surface area (Å²) in [4.78, 5) is 0. The summed E-state index contributed by atoms with van der Waals surface area (Å²) in [5.74, 6) is -3.30. The number of rotatable bonds is 3. The Labute approximate surface area is 850 Å². The van der Waals surface area contributed by atoms with Gasteiger partial charge < -0.3 is 42.6 Å². The van der Waals surface area contributed by atoms with Gasteiger partial charge in [0.05, 0.1) is 12.7 Å². The van der Waals surface area contributed by atoms with Crippen molar-refractivity contribution in [2.75, 3.05) is 6.61 Å². The van der Waals surface area contributed by atoms with Crippen LogP contribution < -0.4 is 42.6 Å². The number of benzene rings is 15. The predicted octanol–water partition coefficient (Wildman–Crippen LogP) is 34.1. The Bertz CT molecular complexity index is 6250. The van der Waals surface area contributed by atoms with E-state index in [1.54, 1.807) is 230 Å². The highest BCUT2D eigenvalue weighted by molar-refractivity contribution is 5.83. The Morgan fingerprint density at radius 1 is 0.216 bits per heavy atom. The van der Waals surface area contributed by atoms with Crippen molar-refractivity contribution in [3.05, 3.63) is 391 Å². The predicted molar refractivity (Wildman–Crippen MR) is 543 cm³/mol. The molecule has 0 bridgehead atoms. The second kappa shape index (κ2) is 43.4. The lowest BCUT2D eigenvalue weighted by molar-refractivity contribution is 0.169. The Kier molecular flexibility index (Phi) is 30.7. The fourth-order valence-corrected chi connectivity index (χ4v) is 19.4. The molecule has 0 radical (unpaired) electrons. The van der Waals surface area contributed by atoms with Gasteiger partial charge in [0.1, 0.15) is 87.0 Å². The minimum Gasteiger partial charge on any atom is -0.490 e. The maximum Gasteiger partial charge on any atom is 0.204 e. The SMILES string of the molecule is CC1CCC(COc2cc3c(c(F)c2F)OC(C)CC3)CC1.Cc1ccc2c(c1F)COc1c-2ccc(C)c1F.Cc1ccc2c(c1F)COc1c-2ccc(C)c1F.Cc1ccc2c(c1F)COc1c-2ccc(C)c1F.Cc1ccc2c(c1F)COc1c-2ccc(C)c1F.Cc1ccc2c(c1F)COc1c-2ccc(C)c1F.Cc1ccc2c(c1F)COc1c-2ccc(C)c1F.Cc1ccc2c(c1F)COc1c-2ccc(C)c1F.[HH]. The number of halogens is 16. The lowest BCUT2D eigenvalue weighted by Gasteiger charge is -2.27. The summed E-state index contributed by atoms with van der Waals surface area (Å²) in [6.07, 6.45) is 6.05. The Balaban J connectivity index is 0.000000121. The number of fused-ring (bicyclic) bond motifs is 22. The largest absolute Gasteiger partial charge is 0.490 e. The third-order valence-corrected chi connectivity index (χ3v) is 28.6. The van der Waals surface area contributed by atoms with Crippen LogP contribution in [-0.2, 0) is 52.7 Å². The van der Waals surface area contributed by atoms with Gasteiger partial charge in [-0.2, -0.15) is 8.78 Å². The highest BCUT2D eigenvalue weighted by Crippen LogP contribution is 2.51. The zero-order valence-corrected chi connectivity index (χ0v) is 84.6. The van der Waals surface area contributed by atoms with E-state index in [9.17, 15) is 70.2 Å². The van der Waals surface area contributed by atoms with Crippen molar-refractivity contribution in [1.82, 2.24) is 0 Å². The van der Waals surface area contributed by atoms with Crippen LogP contribution in [-0.4, -0.2) is 12.7 Å². The van der Waals surface area contributed by atoms with Gasteiger partial charge in [0.2, 0.25) is 11.6 Å². The first-order valence-corrected chi connectivity index (χ1v) is 48.9. The van der Waals surface area contributed by atoms with Crippen molar-refractivity contribution < 1.29 is 114 Å². The quantitative estimate of drug-likeness (QED) is 0.161. The Hall–Kier alpha value is -14.6. The lowest BCUT2D eigenvalue weighted by atomic mass is 9.83. The van der Waals surface area contributed by atoms with Gasteiger partial charge in [-0.1, -0.05) is 190 Å². The van der Waals surface area contributed by atoms with E-state index < -0.39 is 11.6 Å². The smallest absolute Gasteiger partial charge is 0.204 e. The van der Waals surface area contributed by atoms with Crippen LogP contribution in [0.15, 0.2) is 176 Å². The third-order valence-electron chi connectivity index (χ3n) is 28.6. The second-order valence-electron chi connectivity index (χ2n) is 39.0. The highest BCUT2D eigenvalue weighted by atomic mass is 19.2. The van der Waals surface area contributed by atoms with Gasteiger partial charge in [-0.25, -0.2) is 61.5 Å². The van der Waals surface area contributed by atoms with Crippen LogP contribution in [0.25, 0.3) is 77.9 Å². The minimum atomic E-state index is -0.919. The number of aryl methyl sites for hydroxylation is 15. The molecule has 8 aliphatic heterocycles. The molecule has 15 aromatic rings. The van der Waals surface area contributed by atoms with E-state index >= 15 is 0 Å². The molecular weight excluding hydrogens is 1930 g/mol. The van der Waals surface area contributed by atoms with E-state index in [2.05, 4.69) is 6.92 Å². The van der Waals surface area contributed by atoms with Crippen LogP contribution in [0.5, 0.6) is 51.7 Å². The normalized spacial score (nSPS) is 14.9. The fraction of sp³-hybridized carbons (Fsp3) is 0.268. The monoisotopic (exact) mass is 2030 g/mol. The average molecular weight is 2040 g/mol. The summed E-state index contributed by atoms with van der Waals surface area (Å²) in [6, 6.07) is 50.6. The van der Waals surface area contributed by atoms with E-state index in [1.165, 1.54) is 12.8 Å². The van der Waals surface area contributed by atoms with Gasteiger partial charge in [0.25, 0.3) is 0 Å². The Morgan fingerprint density at radius 2 is 0.399 bits per heavy atom. The molecule has 0 spiro atoms. The molecule has 1 atom stereocenters. The summed E-state index contributed by atoms with van der Waals surface area (Å²) in [6.45, 7) is 28.9. The second-order valence-corrected chi connectivity index (χ2v) is 39.0. The standard InChI is InChI=1S/C18H24F2O2.7C15H12F2O.H2/c1-11-3-6-13(7-4-11)10-21-15-9-14-8-5-12(2)22-18(14)17(20)16(15)19;7*1-8-3-5-10-11-6-4-9(2)14(17)15(11)18-7-12(10)13(8)16;/h9,11-13H,3-8,10H2,1-2H3;7*3-6H,7H2,1-2H3;1H. The third kappa shape index (κ3) is 20.5. The van der Waals surface area contributed by atoms with Crippen molar-refractivity contribution in [1.29, 1.82) is 0 Å². The first kappa shape index (κ1) is 105. The topological polar surface area (TPSA) is 83.1 Å². The number of hydrogen-bond donors (Lipinski definition) is 0. The molecule has 9 aliphatic rings. The molecule has 0 N–H and O–H groups in total. The maximum atomic E-state index is 14.2. The zero-order chi connectivity index (χ0) is 106. The first-order chi connectivity index (χ1) is 70.7. The van der Waals surface area contributed by atoms with Crippen LogP contribution >= 0.6 is 0 Å². The molecule has 9 nitrogen and oxygen atoms in total. The van der Waals surface area contributed by atoms with Crippen molar-refractivity contribution in [2.45, 2.75) is 202 Å². The van der Waals surface area contributed by atoms with Gasteiger partial charge in [-0.3, -0.25) is 0 Å². The molecule has 1 aliphatic carbocycles. The van der Waals surface area contributed by atoms with E-state index in [0.29, 0.717) is 180 Å². The number of hydrogen-bond acceptors (Lipinski definition) is 9. The minimum absolute atomic E-state index is 0. The van der Waals surface area contributed by atoms with Gasteiger partial charge >= 0.3 is 0 Å².